The van der Waals surface area contributed by atoms with E-state index in [4.69, 9.17) is 4.74 Å². The number of rotatable bonds is 8. The second kappa shape index (κ2) is 8.52. The molecule has 2 heteroatoms. The largest absolute Gasteiger partial charge is 0.385 e. The average Bonchev–Trinajstić information content (AvgIpc) is 2.17. The predicted octanol–water partition coefficient (Wildman–Crippen LogP) is 2.39. The Labute approximate surface area is 83.3 Å². The van der Waals surface area contributed by atoms with Crippen molar-refractivity contribution >= 4 is 0 Å². The first-order valence-corrected chi connectivity index (χ1v) is 5.42. The Morgan fingerprint density at radius 1 is 1.23 bits per heavy atom. The standard InChI is InChI=1S/C11H25NO/c1-5-11(8-10-13-4)7-9-12(3)6-2/h11H,5-10H2,1-4H3. The zero-order valence-electron chi connectivity index (χ0n) is 9.68. The van der Waals surface area contributed by atoms with Crippen molar-refractivity contribution in [2.24, 2.45) is 5.92 Å². The summed E-state index contributed by atoms with van der Waals surface area (Å²) in [6.07, 6.45) is 3.80. The summed E-state index contributed by atoms with van der Waals surface area (Å²) in [6, 6.07) is 0. The van der Waals surface area contributed by atoms with Crippen molar-refractivity contribution in [1.82, 2.24) is 4.90 Å². The molecule has 0 saturated carbocycles. The Hall–Kier alpha value is -0.0800. The van der Waals surface area contributed by atoms with Crippen molar-refractivity contribution in [1.29, 1.82) is 0 Å². The van der Waals surface area contributed by atoms with Gasteiger partial charge in [-0.2, -0.15) is 0 Å². The summed E-state index contributed by atoms with van der Waals surface area (Å²) < 4.78 is 5.09. The lowest BCUT2D eigenvalue weighted by atomic mass is 9.99. The van der Waals surface area contributed by atoms with Gasteiger partial charge in [-0.05, 0) is 38.9 Å². The van der Waals surface area contributed by atoms with Crippen molar-refractivity contribution < 1.29 is 4.74 Å². The van der Waals surface area contributed by atoms with Gasteiger partial charge in [0.25, 0.3) is 0 Å². The molecule has 0 aliphatic rings. The van der Waals surface area contributed by atoms with Gasteiger partial charge in [0.15, 0.2) is 0 Å². The van der Waals surface area contributed by atoms with Crippen molar-refractivity contribution in [3.63, 3.8) is 0 Å². The molecule has 0 aromatic heterocycles. The molecule has 0 bridgehead atoms. The fraction of sp³-hybridized carbons (Fsp3) is 1.00. The first-order valence-electron chi connectivity index (χ1n) is 5.42. The van der Waals surface area contributed by atoms with Gasteiger partial charge >= 0.3 is 0 Å². The summed E-state index contributed by atoms with van der Waals surface area (Å²) in [5.41, 5.74) is 0. The van der Waals surface area contributed by atoms with E-state index < -0.39 is 0 Å². The van der Waals surface area contributed by atoms with Crippen LogP contribution in [0.15, 0.2) is 0 Å². The molecule has 0 spiro atoms. The fourth-order valence-corrected chi connectivity index (χ4v) is 1.40. The summed E-state index contributed by atoms with van der Waals surface area (Å²) in [6.45, 7) is 7.76. The molecule has 0 saturated heterocycles. The Balaban J connectivity index is 3.46. The molecule has 0 radical (unpaired) electrons. The lowest BCUT2D eigenvalue weighted by molar-refractivity contribution is 0.169. The second-order valence-corrected chi connectivity index (χ2v) is 3.74. The number of methoxy groups -OCH3 is 1. The summed E-state index contributed by atoms with van der Waals surface area (Å²) in [5, 5.41) is 0. The highest BCUT2D eigenvalue weighted by molar-refractivity contribution is 4.59. The minimum absolute atomic E-state index is 0.842. The third kappa shape index (κ3) is 7.03. The van der Waals surface area contributed by atoms with Crippen LogP contribution in [0.1, 0.15) is 33.1 Å². The van der Waals surface area contributed by atoms with Crippen LogP contribution in [0.2, 0.25) is 0 Å². The number of nitrogens with zero attached hydrogens (tertiary/aromatic N) is 1. The number of hydrogen-bond donors (Lipinski definition) is 0. The summed E-state index contributed by atoms with van der Waals surface area (Å²) in [7, 11) is 3.97. The topological polar surface area (TPSA) is 12.5 Å². The van der Waals surface area contributed by atoms with Crippen LogP contribution >= 0.6 is 0 Å². The van der Waals surface area contributed by atoms with Crippen molar-refractivity contribution in [3.05, 3.63) is 0 Å². The molecule has 0 aromatic carbocycles. The van der Waals surface area contributed by atoms with Gasteiger partial charge in [0.2, 0.25) is 0 Å². The third-order valence-corrected chi connectivity index (χ3v) is 2.77. The molecular formula is C11H25NO. The van der Waals surface area contributed by atoms with Gasteiger partial charge in [-0.3, -0.25) is 0 Å². The van der Waals surface area contributed by atoms with E-state index in [1.807, 2.05) is 0 Å². The van der Waals surface area contributed by atoms with Crippen LogP contribution in [-0.4, -0.2) is 38.8 Å². The first-order chi connectivity index (χ1) is 6.24. The van der Waals surface area contributed by atoms with Crippen LogP contribution in [0.25, 0.3) is 0 Å². The molecule has 0 rings (SSSR count). The van der Waals surface area contributed by atoms with Gasteiger partial charge in [0, 0.05) is 13.7 Å². The highest BCUT2D eigenvalue weighted by Crippen LogP contribution is 2.13. The smallest absolute Gasteiger partial charge is 0.0464 e. The molecule has 13 heavy (non-hydrogen) atoms. The van der Waals surface area contributed by atoms with E-state index in [0.717, 1.165) is 19.1 Å². The minimum atomic E-state index is 0.842. The van der Waals surface area contributed by atoms with Crippen molar-refractivity contribution in [2.75, 3.05) is 33.9 Å². The SMILES string of the molecule is CCC(CCOC)CCN(C)CC. The molecular weight excluding hydrogens is 162 g/mol. The van der Waals surface area contributed by atoms with Gasteiger partial charge in [-0.15, -0.1) is 0 Å². The Morgan fingerprint density at radius 2 is 1.92 bits per heavy atom. The fourth-order valence-electron chi connectivity index (χ4n) is 1.40. The third-order valence-electron chi connectivity index (χ3n) is 2.77. The molecule has 0 fully saturated rings. The van der Waals surface area contributed by atoms with E-state index in [1.165, 1.54) is 25.8 Å². The van der Waals surface area contributed by atoms with E-state index in [2.05, 4.69) is 25.8 Å². The van der Waals surface area contributed by atoms with Crippen LogP contribution in [0.4, 0.5) is 0 Å². The van der Waals surface area contributed by atoms with E-state index >= 15 is 0 Å². The molecule has 0 aliphatic heterocycles. The summed E-state index contributed by atoms with van der Waals surface area (Å²) >= 11 is 0. The van der Waals surface area contributed by atoms with E-state index in [-0.39, 0.29) is 0 Å². The monoisotopic (exact) mass is 187 g/mol. The van der Waals surface area contributed by atoms with Crippen molar-refractivity contribution in [3.8, 4) is 0 Å². The molecule has 0 heterocycles. The molecule has 80 valence electrons. The minimum Gasteiger partial charge on any atom is -0.385 e. The molecule has 1 atom stereocenters. The highest BCUT2D eigenvalue weighted by atomic mass is 16.5. The first kappa shape index (κ1) is 12.9. The van der Waals surface area contributed by atoms with Gasteiger partial charge in [0.1, 0.15) is 0 Å². The highest BCUT2D eigenvalue weighted by Gasteiger charge is 2.06. The van der Waals surface area contributed by atoms with E-state index in [1.54, 1.807) is 7.11 Å². The van der Waals surface area contributed by atoms with Gasteiger partial charge < -0.3 is 9.64 Å². The molecule has 0 aliphatic carbocycles. The Kier molecular flexibility index (Phi) is 8.46. The van der Waals surface area contributed by atoms with E-state index in [9.17, 15) is 0 Å². The van der Waals surface area contributed by atoms with Crippen LogP contribution in [-0.2, 0) is 4.74 Å². The zero-order chi connectivity index (χ0) is 10.1. The summed E-state index contributed by atoms with van der Waals surface area (Å²) in [5.74, 6) is 0.842. The maximum atomic E-state index is 5.09. The van der Waals surface area contributed by atoms with Gasteiger partial charge in [-0.1, -0.05) is 20.3 Å². The Bertz CT molecular complexity index is 106. The normalized spacial score (nSPS) is 13.6. The second-order valence-electron chi connectivity index (χ2n) is 3.74. The molecule has 0 amide bonds. The van der Waals surface area contributed by atoms with Crippen LogP contribution in [0.5, 0.6) is 0 Å². The van der Waals surface area contributed by atoms with Crippen LogP contribution in [0.3, 0.4) is 0 Å². The van der Waals surface area contributed by atoms with Gasteiger partial charge in [0.05, 0.1) is 0 Å². The number of hydrogen-bond acceptors (Lipinski definition) is 2. The molecule has 0 aromatic rings. The predicted molar refractivity (Wildman–Crippen MR) is 58.1 cm³/mol. The van der Waals surface area contributed by atoms with Crippen molar-refractivity contribution in [2.45, 2.75) is 33.1 Å². The van der Waals surface area contributed by atoms with Crippen LogP contribution in [0, 0.1) is 5.92 Å². The quantitative estimate of drug-likeness (QED) is 0.578. The molecule has 2 nitrogen and oxygen atoms in total. The van der Waals surface area contributed by atoms with Crippen LogP contribution < -0.4 is 0 Å². The van der Waals surface area contributed by atoms with Gasteiger partial charge in [-0.25, -0.2) is 0 Å². The summed E-state index contributed by atoms with van der Waals surface area (Å²) in [4.78, 5) is 2.37. The number of ether oxygens (including phenoxy) is 1. The lowest BCUT2D eigenvalue weighted by Gasteiger charge is -2.19. The zero-order valence-corrected chi connectivity index (χ0v) is 9.68. The maximum Gasteiger partial charge on any atom is 0.0464 e. The van der Waals surface area contributed by atoms with E-state index in [0.29, 0.717) is 0 Å². The lowest BCUT2D eigenvalue weighted by Crippen LogP contribution is -2.21. The molecule has 0 N–H and O–H groups in total. The Morgan fingerprint density at radius 3 is 2.38 bits per heavy atom. The molecule has 1 unspecified atom stereocenters. The average molecular weight is 187 g/mol. The maximum absolute atomic E-state index is 5.09.